The maximum absolute atomic E-state index is 13.9. The van der Waals surface area contributed by atoms with Crippen LogP contribution in [0.25, 0.3) is 0 Å². The van der Waals surface area contributed by atoms with Crippen LogP contribution in [0, 0.1) is 15.9 Å². The molecule has 1 aliphatic rings. The number of urea groups is 1. The standard InChI is InChI=1S/C17H17FN4O5/c18-14-9-11(22(25)26)1-2-15(14)27-13-3-6-19-16(10-13)20-17(24)21-7-4-12(23)5-8-21/h1-3,6,9-10,12,23H,4-5,7-8H2,(H,19,20,24). The molecule has 1 fully saturated rings. The average molecular weight is 376 g/mol. The lowest BCUT2D eigenvalue weighted by atomic mass is 10.1. The molecule has 2 heterocycles. The van der Waals surface area contributed by atoms with Crippen LogP contribution in [0.1, 0.15) is 12.8 Å². The lowest BCUT2D eigenvalue weighted by molar-refractivity contribution is -0.385. The normalized spacial score (nSPS) is 14.7. The van der Waals surface area contributed by atoms with E-state index in [1.165, 1.54) is 18.3 Å². The first-order valence-electron chi connectivity index (χ1n) is 8.24. The van der Waals surface area contributed by atoms with Gasteiger partial charge in [0.25, 0.3) is 5.69 Å². The summed E-state index contributed by atoms with van der Waals surface area (Å²) in [5.41, 5.74) is -0.380. The summed E-state index contributed by atoms with van der Waals surface area (Å²) in [6.07, 6.45) is 2.03. The van der Waals surface area contributed by atoms with E-state index >= 15 is 0 Å². The Morgan fingerprint density at radius 1 is 1.33 bits per heavy atom. The molecule has 1 saturated heterocycles. The number of aliphatic hydroxyl groups excluding tert-OH is 1. The molecule has 0 bridgehead atoms. The van der Waals surface area contributed by atoms with E-state index in [4.69, 9.17) is 4.74 Å². The number of non-ortho nitro benzene ring substituents is 1. The Morgan fingerprint density at radius 2 is 2.07 bits per heavy atom. The number of aromatic nitrogens is 1. The number of carbonyl (C=O) groups excluding carboxylic acids is 1. The number of aliphatic hydroxyl groups is 1. The van der Waals surface area contributed by atoms with Crippen molar-refractivity contribution in [3.8, 4) is 11.5 Å². The van der Waals surface area contributed by atoms with Gasteiger partial charge in [0.05, 0.1) is 17.1 Å². The van der Waals surface area contributed by atoms with Crippen molar-refractivity contribution in [3.05, 3.63) is 52.5 Å². The molecule has 0 radical (unpaired) electrons. The molecule has 0 atom stereocenters. The predicted molar refractivity (Wildman–Crippen MR) is 93.2 cm³/mol. The van der Waals surface area contributed by atoms with Crippen molar-refractivity contribution in [2.75, 3.05) is 18.4 Å². The molecule has 2 amide bonds. The molecule has 0 spiro atoms. The number of ether oxygens (including phenoxy) is 1. The molecule has 1 aliphatic heterocycles. The molecule has 27 heavy (non-hydrogen) atoms. The smallest absolute Gasteiger partial charge is 0.323 e. The van der Waals surface area contributed by atoms with E-state index in [0.29, 0.717) is 25.9 Å². The molecular weight excluding hydrogens is 359 g/mol. The Balaban J connectivity index is 1.67. The fourth-order valence-corrected chi connectivity index (χ4v) is 2.61. The van der Waals surface area contributed by atoms with Gasteiger partial charge in [-0.25, -0.2) is 14.2 Å². The zero-order chi connectivity index (χ0) is 19.4. The molecule has 2 N–H and O–H groups in total. The van der Waals surface area contributed by atoms with Gasteiger partial charge in [-0.3, -0.25) is 15.4 Å². The van der Waals surface area contributed by atoms with Gasteiger partial charge in [0.1, 0.15) is 11.6 Å². The molecular formula is C17H17FN4O5. The lowest BCUT2D eigenvalue weighted by Gasteiger charge is -2.29. The fourth-order valence-electron chi connectivity index (χ4n) is 2.61. The molecule has 1 aromatic carbocycles. The second-order valence-corrected chi connectivity index (χ2v) is 6.00. The number of nitrogens with zero attached hydrogens (tertiary/aromatic N) is 3. The predicted octanol–water partition coefficient (Wildman–Crippen LogP) is 2.91. The maximum Gasteiger partial charge on any atom is 0.323 e. The van der Waals surface area contributed by atoms with Crippen molar-refractivity contribution in [1.29, 1.82) is 0 Å². The van der Waals surface area contributed by atoms with Crippen molar-refractivity contribution in [1.82, 2.24) is 9.88 Å². The van der Waals surface area contributed by atoms with Gasteiger partial charge >= 0.3 is 6.03 Å². The number of benzene rings is 1. The van der Waals surface area contributed by atoms with Crippen LogP contribution in [-0.2, 0) is 0 Å². The summed E-state index contributed by atoms with van der Waals surface area (Å²) >= 11 is 0. The van der Waals surface area contributed by atoms with Gasteiger partial charge in [-0.1, -0.05) is 0 Å². The minimum atomic E-state index is -0.876. The number of likely N-dealkylation sites (tertiary alicyclic amines) is 1. The van der Waals surface area contributed by atoms with Crippen molar-refractivity contribution < 1.29 is 24.0 Å². The number of nitro groups is 1. The zero-order valence-corrected chi connectivity index (χ0v) is 14.2. The van der Waals surface area contributed by atoms with Gasteiger partial charge in [-0.05, 0) is 25.0 Å². The average Bonchev–Trinajstić information content (AvgIpc) is 2.64. The van der Waals surface area contributed by atoms with E-state index in [9.17, 15) is 24.4 Å². The van der Waals surface area contributed by atoms with Crippen molar-refractivity contribution >= 4 is 17.5 Å². The first-order chi connectivity index (χ1) is 12.9. The quantitative estimate of drug-likeness (QED) is 0.626. The van der Waals surface area contributed by atoms with Gasteiger partial charge in [0.15, 0.2) is 11.6 Å². The molecule has 3 rings (SSSR count). The summed E-state index contributed by atoms with van der Waals surface area (Å²) in [6.45, 7) is 0.883. The highest BCUT2D eigenvalue weighted by Crippen LogP contribution is 2.28. The number of carbonyl (C=O) groups is 1. The minimum absolute atomic E-state index is 0.186. The summed E-state index contributed by atoms with van der Waals surface area (Å²) in [5, 5.41) is 22.8. The van der Waals surface area contributed by atoms with Gasteiger partial charge in [-0.2, -0.15) is 0 Å². The Morgan fingerprint density at radius 3 is 2.74 bits per heavy atom. The number of hydrogen-bond donors (Lipinski definition) is 2. The Hall–Kier alpha value is -3.27. The van der Waals surface area contributed by atoms with Crippen LogP contribution in [0.4, 0.5) is 20.7 Å². The molecule has 9 nitrogen and oxygen atoms in total. The number of amides is 2. The topological polar surface area (TPSA) is 118 Å². The Labute approximate surface area is 153 Å². The van der Waals surface area contributed by atoms with E-state index in [1.54, 1.807) is 4.90 Å². The number of piperidine rings is 1. The number of anilines is 1. The van der Waals surface area contributed by atoms with Crippen molar-refractivity contribution in [2.45, 2.75) is 18.9 Å². The van der Waals surface area contributed by atoms with Crippen LogP contribution in [0.2, 0.25) is 0 Å². The van der Waals surface area contributed by atoms with Crippen LogP contribution < -0.4 is 10.1 Å². The number of nitrogens with one attached hydrogen (secondary N) is 1. The number of hydrogen-bond acceptors (Lipinski definition) is 6. The summed E-state index contributed by atoms with van der Waals surface area (Å²) < 4.78 is 19.3. The van der Waals surface area contributed by atoms with Crippen molar-refractivity contribution in [3.63, 3.8) is 0 Å². The number of halogens is 1. The molecule has 0 aliphatic carbocycles. The van der Waals surface area contributed by atoms with E-state index in [0.717, 1.165) is 18.2 Å². The Bertz CT molecular complexity index is 855. The van der Waals surface area contributed by atoms with E-state index in [-0.39, 0.29) is 35.1 Å². The van der Waals surface area contributed by atoms with Crippen LogP contribution >= 0.6 is 0 Å². The third-order valence-electron chi connectivity index (χ3n) is 4.07. The highest BCUT2D eigenvalue weighted by molar-refractivity contribution is 5.88. The second-order valence-electron chi connectivity index (χ2n) is 6.00. The zero-order valence-electron chi connectivity index (χ0n) is 14.2. The SMILES string of the molecule is O=C(Nc1cc(Oc2ccc([N+](=O)[O-])cc2F)ccn1)N1CCC(O)CC1. The lowest BCUT2D eigenvalue weighted by Crippen LogP contribution is -2.42. The third-order valence-corrected chi connectivity index (χ3v) is 4.07. The summed E-state index contributed by atoms with van der Waals surface area (Å²) in [5.74, 6) is -0.638. The van der Waals surface area contributed by atoms with E-state index in [1.807, 2.05) is 0 Å². The molecule has 2 aromatic rings. The highest BCUT2D eigenvalue weighted by Gasteiger charge is 2.21. The highest BCUT2D eigenvalue weighted by atomic mass is 19.1. The maximum atomic E-state index is 13.9. The number of rotatable bonds is 4. The molecule has 0 saturated carbocycles. The minimum Gasteiger partial charge on any atom is -0.454 e. The second kappa shape index (κ2) is 7.96. The number of pyridine rings is 1. The van der Waals surface area contributed by atoms with Crippen LogP contribution in [0.15, 0.2) is 36.5 Å². The summed E-state index contributed by atoms with van der Waals surface area (Å²) in [7, 11) is 0. The van der Waals surface area contributed by atoms with Crippen LogP contribution in [0.5, 0.6) is 11.5 Å². The van der Waals surface area contributed by atoms with Gasteiger partial charge in [0, 0.05) is 31.4 Å². The van der Waals surface area contributed by atoms with Crippen molar-refractivity contribution in [2.24, 2.45) is 0 Å². The van der Waals surface area contributed by atoms with E-state index in [2.05, 4.69) is 10.3 Å². The van der Waals surface area contributed by atoms with Gasteiger partial charge in [0.2, 0.25) is 0 Å². The summed E-state index contributed by atoms with van der Waals surface area (Å²) in [6, 6.07) is 5.58. The Kier molecular flexibility index (Phi) is 5.46. The van der Waals surface area contributed by atoms with Crippen LogP contribution in [0.3, 0.4) is 0 Å². The summed E-state index contributed by atoms with van der Waals surface area (Å²) in [4.78, 5) is 27.8. The molecule has 0 unspecified atom stereocenters. The molecule has 142 valence electrons. The van der Waals surface area contributed by atoms with E-state index < -0.39 is 10.7 Å². The largest absolute Gasteiger partial charge is 0.454 e. The number of nitro benzene ring substituents is 1. The third kappa shape index (κ3) is 4.67. The van der Waals surface area contributed by atoms with Gasteiger partial charge < -0.3 is 14.7 Å². The van der Waals surface area contributed by atoms with Gasteiger partial charge in [-0.15, -0.1) is 0 Å². The monoisotopic (exact) mass is 376 g/mol. The fraction of sp³-hybridized carbons (Fsp3) is 0.294. The molecule has 10 heteroatoms. The first kappa shape index (κ1) is 18.5. The first-order valence-corrected chi connectivity index (χ1v) is 8.24. The van der Waals surface area contributed by atoms with Crippen LogP contribution in [-0.4, -0.2) is 45.1 Å². The molecule has 1 aromatic heterocycles.